The number of aromatic nitrogens is 2. The molecule has 36 heavy (non-hydrogen) atoms. The zero-order chi connectivity index (χ0) is 26.1. The Kier molecular flexibility index (Phi) is 9.55. The van der Waals surface area contributed by atoms with Gasteiger partial charge < -0.3 is 18.9 Å². The van der Waals surface area contributed by atoms with E-state index >= 15 is 0 Å². The Balaban J connectivity index is 1.72. The number of carbonyl (C=O) groups excluding carboxylic acids is 1. The highest BCUT2D eigenvalue weighted by molar-refractivity contribution is 7.98. The Hall–Kier alpha value is -3.75. The lowest BCUT2D eigenvalue weighted by molar-refractivity contribution is -0.112. The predicted molar refractivity (Wildman–Crippen MR) is 140 cm³/mol. The minimum atomic E-state index is -0.594. The molecule has 1 N–H and O–H groups in total. The number of benzene rings is 2. The zero-order valence-corrected chi connectivity index (χ0v) is 22.2. The molecule has 11 heteroatoms. The topological polar surface area (TPSA) is 116 Å². The summed E-state index contributed by atoms with van der Waals surface area (Å²) in [5.74, 6) is 1.34. The standard InChI is InChI=1S/C25H26N4O5S2/c1-15-6-7-19(10-16(15)2)33-8-9-34-22-20(31-3)12-17(13-21(22)32-4)11-18(14-26)23(30)27-24-28-25(35-5)29-36-24/h6-7,10-13H,8-9H2,1-5H3,(H,27,28,29,30)/b18-11-. The number of methoxy groups -OCH3 is 2. The quantitative estimate of drug-likeness (QED) is 0.161. The Labute approximate surface area is 218 Å². The van der Waals surface area contributed by atoms with Gasteiger partial charge in [-0.2, -0.15) is 14.6 Å². The summed E-state index contributed by atoms with van der Waals surface area (Å²) in [5, 5.41) is 13.0. The van der Waals surface area contributed by atoms with Gasteiger partial charge in [-0.3, -0.25) is 10.1 Å². The summed E-state index contributed by atoms with van der Waals surface area (Å²) in [6, 6.07) is 11.1. The number of ether oxygens (including phenoxy) is 4. The van der Waals surface area contributed by atoms with E-state index in [1.54, 1.807) is 12.1 Å². The second-order valence-electron chi connectivity index (χ2n) is 7.41. The van der Waals surface area contributed by atoms with Crippen molar-refractivity contribution >= 4 is 40.4 Å². The van der Waals surface area contributed by atoms with Crippen LogP contribution in [0.5, 0.6) is 23.0 Å². The molecule has 1 amide bonds. The third kappa shape index (κ3) is 6.90. The molecule has 9 nitrogen and oxygen atoms in total. The van der Waals surface area contributed by atoms with Crippen molar-refractivity contribution < 1.29 is 23.7 Å². The van der Waals surface area contributed by atoms with Gasteiger partial charge in [0.05, 0.1) is 14.2 Å². The normalized spacial score (nSPS) is 10.9. The van der Waals surface area contributed by atoms with E-state index in [1.165, 1.54) is 37.6 Å². The number of aryl methyl sites for hydroxylation is 2. The van der Waals surface area contributed by atoms with Crippen molar-refractivity contribution in [1.82, 2.24) is 9.36 Å². The molecule has 1 heterocycles. The van der Waals surface area contributed by atoms with E-state index in [2.05, 4.69) is 14.7 Å². The SMILES string of the molecule is COc1cc(/C=C(/C#N)C(=O)Nc2nc(SC)ns2)cc(OC)c1OCCOc1ccc(C)c(C)c1. The summed E-state index contributed by atoms with van der Waals surface area (Å²) in [5.41, 5.74) is 2.76. The minimum Gasteiger partial charge on any atom is -0.493 e. The number of nitriles is 1. The first-order chi connectivity index (χ1) is 17.4. The van der Waals surface area contributed by atoms with E-state index < -0.39 is 5.91 Å². The molecule has 3 aromatic rings. The van der Waals surface area contributed by atoms with Crippen LogP contribution < -0.4 is 24.3 Å². The molecule has 0 spiro atoms. The molecule has 3 rings (SSSR count). The molecule has 0 radical (unpaired) electrons. The van der Waals surface area contributed by atoms with Crippen LogP contribution >= 0.6 is 23.3 Å². The smallest absolute Gasteiger partial charge is 0.268 e. The molecule has 0 saturated carbocycles. The molecule has 0 saturated heterocycles. The minimum absolute atomic E-state index is 0.115. The van der Waals surface area contributed by atoms with Crippen molar-refractivity contribution in [3.05, 3.63) is 52.6 Å². The number of amides is 1. The Morgan fingerprint density at radius 1 is 1.11 bits per heavy atom. The fourth-order valence-corrected chi connectivity index (χ4v) is 4.18. The molecule has 0 aliphatic rings. The molecular weight excluding hydrogens is 500 g/mol. The number of nitrogens with one attached hydrogen (secondary N) is 1. The Morgan fingerprint density at radius 2 is 1.81 bits per heavy atom. The summed E-state index contributed by atoms with van der Waals surface area (Å²) in [4.78, 5) is 16.7. The Bertz CT molecular complexity index is 1270. The average molecular weight is 527 g/mol. The van der Waals surface area contributed by atoms with E-state index in [4.69, 9.17) is 18.9 Å². The van der Waals surface area contributed by atoms with Crippen LogP contribution in [0.4, 0.5) is 5.13 Å². The first kappa shape index (κ1) is 26.8. The van der Waals surface area contributed by atoms with Crippen molar-refractivity contribution in [2.45, 2.75) is 19.0 Å². The molecule has 0 atom stereocenters. The van der Waals surface area contributed by atoms with Crippen LogP contribution in [0.2, 0.25) is 0 Å². The molecule has 0 unspecified atom stereocenters. The van der Waals surface area contributed by atoms with Crippen LogP contribution in [-0.4, -0.2) is 49.0 Å². The van der Waals surface area contributed by atoms with Crippen LogP contribution in [0.3, 0.4) is 0 Å². The van der Waals surface area contributed by atoms with Crippen molar-refractivity contribution in [3.63, 3.8) is 0 Å². The number of nitrogens with zero attached hydrogens (tertiary/aromatic N) is 3. The third-order valence-electron chi connectivity index (χ3n) is 5.05. The maximum Gasteiger partial charge on any atom is 0.268 e. The molecule has 0 aliphatic carbocycles. The highest BCUT2D eigenvalue weighted by atomic mass is 32.2. The molecular formula is C25H26N4O5S2. The Morgan fingerprint density at radius 3 is 2.39 bits per heavy atom. The van der Waals surface area contributed by atoms with E-state index in [-0.39, 0.29) is 12.2 Å². The first-order valence-electron chi connectivity index (χ1n) is 10.8. The zero-order valence-electron chi connectivity index (χ0n) is 20.6. The molecule has 1 aromatic heterocycles. The van der Waals surface area contributed by atoms with Gasteiger partial charge in [-0.15, -0.1) is 0 Å². The molecule has 188 valence electrons. The number of thioether (sulfide) groups is 1. The van der Waals surface area contributed by atoms with E-state index in [1.807, 2.05) is 44.4 Å². The summed E-state index contributed by atoms with van der Waals surface area (Å²) >= 11 is 2.40. The second-order valence-corrected chi connectivity index (χ2v) is 8.93. The van der Waals surface area contributed by atoms with Gasteiger partial charge in [0.15, 0.2) is 11.5 Å². The lowest BCUT2D eigenvalue weighted by atomic mass is 10.1. The third-order valence-corrected chi connectivity index (χ3v) is 6.34. The van der Waals surface area contributed by atoms with Gasteiger partial charge in [0, 0.05) is 11.5 Å². The van der Waals surface area contributed by atoms with E-state index in [9.17, 15) is 10.1 Å². The number of rotatable bonds is 11. The summed E-state index contributed by atoms with van der Waals surface area (Å²) in [7, 11) is 2.99. The van der Waals surface area contributed by atoms with E-state index in [0.29, 0.717) is 39.7 Å². The van der Waals surface area contributed by atoms with Crippen LogP contribution in [0.15, 0.2) is 41.1 Å². The monoisotopic (exact) mass is 526 g/mol. The molecule has 0 bridgehead atoms. The predicted octanol–water partition coefficient (Wildman–Crippen LogP) is 4.90. The molecule has 0 fully saturated rings. The maximum atomic E-state index is 12.6. The van der Waals surface area contributed by atoms with Crippen LogP contribution in [0.1, 0.15) is 16.7 Å². The number of hydrogen-bond donors (Lipinski definition) is 1. The van der Waals surface area contributed by atoms with Crippen molar-refractivity contribution in [2.24, 2.45) is 0 Å². The van der Waals surface area contributed by atoms with Gasteiger partial charge in [-0.05, 0) is 67.1 Å². The lowest BCUT2D eigenvalue weighted by Crippen LogP contribution is -2.13. The van der Waals surface area contributed by atoms with Crippen LogP contribution in [0, 0.1) is 25.2 Å². The number of anilines is 1. The van der Waals surface area contributed by atoms with Gasteiger partial charge in [0.1, 0.15) is 30.6 Å². The highest BCUT2D eigenvalue weighted by Crippen LogP contribution is 2.39. The lowest BCUT2D eigenvalue weighted by Gasteiger charge is -2.16. The summed E-state index contributed by atoms with van der Waals surface area (Å²) in [6.07, 6.45) is 3.27. The van der Waals surface area contributed by atoms with Gasteiger partial charge in [-0.1, -0.05) is 17.8 Å². The van der Waals surface area contributed by atoms with E-state index in [0.717, 1.165) is 22.8 Å². The van der Waals surface area contributed by atoms with Gasteiger partial charge in [0.2, 0.25) is 16.0 Å². The molecule has 0 aliphatic heterocycles. The van der Waals surface area contributed by atoms with Crippen LogP contribution in [0.25, 0.3) is 6.08 Å². The van der Waals surface area contributed by atoms with Gasteiger partial charge in [0.25, 0.3) is 5.91 Å². The maximum absolute atomic E-state index is 12.6. The first-order valence-corrected chi connectivity index (χ1v) is 12.8. The summed E-state index contributed by atoms with van der Waals surface area (Å²) in [6.45, 7) is 4.65. The largest absolute Gasteiger partial charge is 0.493 e. The average Bonchev–Trinajstić information content (AvgIpc) is 3.34. The van der Waals surface area contributed by atoms with Crippen LogP contribution in [-0.2, 0) is 4.79 Å². The van der Waals surface area contributed by atoms with Gasteiger partial charge >= 0.3 is 0 Å². The van der Waals surface area contributed by atoms with Crippen molar-refractivity contribution in [3.8, 4) is 29.1 Å². The highest BCUT2D eigenvalue weighted by Gasteiger charge is 2.17. The fourth-order valence-electron chi connectivity index (χ4n) is 3.06. The summed E-state index contributed by atoms with van der Waals surface area (Å²) < 4.78 is 26.7. The second kappa shape index (κ2) is 12.8. The van der Waals surface area contributed by atoms with Crippen molar-refractivity contribution in [1.29, 1.82) is 5.26 Å². The van der Waals surface area contributed by atoms with Crippen molar-refractivity contribution in [2.75, 3.05) is 39.0 Å². The number of hydrogen-bond acceptors (Lipinski definition) is 10. The number of carbonyl (C=O) groups is 1. The van der Waals surface area contributed by atoms with Gasteiger partial charge in [-0.25, -0.2) is 0 Å². The fraction of sp³-hybridized carbons (Fsp3) is 0.280. The molecule has 2 aromatic carbocycles.